The molecule has 0 atom stereocenters. The van der Waals surface area contributed by atoms with E-state index < -0.39 is 5.82 Å². The summed E-state index contributed by atoms with van der Waals surface area (Å²) in [4.78, 5) is 23.3. The lowest BCUT2D eigenvalue weighted by Gasteiger charge is -2.06. The Hall–Kier alpha value is -1.95. The zero-order valence-corrected chi connectivity index (χ0v) is 11.3. The quantitative estimate of drug-likeness (QED) is 0.808. The molecule has 1 heterocycles. The summed E-state index contributed by atoms with van der Waals surface area (Å²) in [7, 11) is 1.36. The van der Waals surface area contributed by atoms with Gasteiger partial charge in [0.2, 0.25) is 0 Å². The minimum absolute atomic E-state index is 0.0834. The number of carbonyl (C=O) groups is 1. The summed E-state index contributed by atoms with van der Waals surface area (Å²) in [5.41, 5.74) is 0.938. The SMILES string of the molecule is COc1ccc(C(=O)Cn2c(C)csc2=O)cc1F. The molecule has 0 radical (unpaired) electrons. The van der Waals surface area contributed by atoms with Crippen LogP contribution in [0.5, 0.6) is 5.75 Å². The Morgan fingerprint density at radius 2 is 2.21 bits per heavy atom. The van der Waals surface area contributed by atoms with Gasteiger partial charge in [-0.05, 0) is 25.1 Å². The number of benzene rings is 1. The van der Waals surface area contributed by atoms with E-state index in [9.17, 15) is 14.0 Å². The molecular formula is C13H12FNO3S. The highest BCUT2D eigenvalue weighted by Gasteiger charge is 2.13. The molecule has 1 aromatic heterocycles. The van der Waals surface area contributed by atoms with E-state index >= 15 is 0 Å². The number of halogens is 1. The topological polar surface area (TPSA) is 48.3 Å². The lowest BCUT2D eigenvalue weighted by Crippen LogP contribution is -2.20. The van der Waals surface area contributed by atoms with E-state index in [4.69, 9.17) is 4.74 Å². The number of ether oxygens (including phenoxy) is 1. The number of Topliss-reactive ketones (excluding diaryl/α,β-unsaturated/α-hetero) is 1. The zero-order valence-electron chi connectivity index (χ0n) is 10.5. The molecule has 0 saturated carbocycles. The maximum atomic E-state index is 13.5. The molecule has 0 unspecified atom stereocenters. The van der Waals surface area contributed by atoms with Gasteiger partial charge in [-0.3, -0.25) is 14.2 Å². The van der Waals surface area contributed by atoms with Crippen LogP contribution in [0.25, 0.3) is 0 Å². The number of aromatic nitrogens is 1. The largest absolute Gasteiger partial charge is 0.494 e. The molecule has 4 nitrogen and oxygen atoms in total. The molecule has 0 fully saturated rings. The van der Waals surface area contributed by atoms with Crippen molar-refractivity contribution in [3.8, 4) is 5.75 Å². The second-order valence-electron chi connectivity index (χ2n) is 4.00. The lowest BCUT2D eigenvalue weighted by atomic mass is 10.1. The first kappa shape index (κ1) is 13.5. The fourth-order valence-electron chi connectivity index (χ4n) is 1.67. The van der Waals surface area contributed by atoms with Gasteiger partial charge >= 0.3 is 4.87 Å². The predicted octanol–water partition coefficient (Wildman–Crippen LogP) is 2.25. The normalized spacial score (nSPS) is 10.5. The van der Waals surface area contributed by atoms with E-state index in [1.54, 1.807) is 12.3 Å². The first-order valence-electron chi connectivity index (χ1n) is 5.54. The predicted molar refractivity (Wildman–Crippen MR) is 70.6 cm³/mol. The number of ketones is 1. The van der Waals surface area contributed by atoms with Crippen molar-refractivity contribution in [2.45, 2.75) is 13.5 Å². The fourth-order valence-corrected chi connectivity index (χ4v) is 2.41. The van der Waals surface area contributed by atoms with Crippen molar-refractivity contribution < 1.29 is 13.9 Å². The van der Waals surface area contributed by atoms with E-state index in [-0.39, 0.29) is 28.5 Å². The third-order valence-corrected chi connectivity index (χ3v) is 3.63. The molecular weight excluding hydrogens is 269 g/mol. The van der Waals surface area contributed by atoms with Crippen LogP contribution in [0, 0.1) is 12.7 Å². The third-order valence-electron chi connectivity index (χ3n) is 2.75. The molecule has 6 heteroatoms. The number of carbonyl (C=O) groups excluding carboxylic acids is 1. The smallest absolute Gasteiger partial charge is 0.307 e. The second-order valence-corrected chi connectivity index (χ2v) is 4.82. The minimum Gasteiger partial charge on any atom is -0.494 e. The van der Waals surface area contributed by atoms with E-state index in [0.717, 1.165) is 23.1 Å². The van der Waals surface area contributed by atoms with Crippen LogP contribution >= 0.6 is 11.3 Å². The van der Waals surface area contributed by atoms with Crippen LogP contribution in [0.2, 0.25) is 0 Å². The average Bonchev–Trinajstić information content (AvgIpc) is 2.70. The number of hydrogen-bond donors (Lipinski definition) is 0. The number of aryl methyl sites for hydroxylation is 1. The number of rotatable bonds is 4. The molecule has 0 saturated heterocycles. The van der Waals surface area contributed by atoms with Gasteiger partial charge in [-0.2, -0.15) is 0 Å². The molecule has 0 N–H and O–H groups in total. The average molecular weight is 281 g/mol. The Balaban J connectivity index is 2.26. The van der Waals surface area contributed by atoms with Crippen molar-refractivity contribution in [1.29, 1.82) is 0 Å². The molecule has 0 aliphatic rings. The van der Waals surface area contributed by atoms with E-state index in [1.165, 1.54) is 23.8 Å². The molecule has 100 valence electrons. The molecule has 2 aromatic rings. The Labute approximate surface area is 113 Å². The van der Waals surface area contributed by atoms with Crippen molar-refractivity contribution >= 4 is 17.1 Å². The molecule has 0 bridgehead atoms. The first-order valence-corrected chi connectivity index (χ1v) is 6.42. The van der Waals surface area contributed by atoms with E-state index in [2.05, 4.69) is 0 Å². The maximum Gasteiger partial charge on any atom is 0.307 e. The zero-order chi connectivity index (χ0) is 14.0. The molecule has 0 amide bonds. The molecule has 0 aliphatic heterocycles. The standard InChI is InChI=1S/C13H12FNO3S/c1-8-7-19-13(17)15(8)6-11(16)9-3-4-12(18-2)10(14)5-9/h3-5,7H,6H2,1-2H3. The van der Waals surface area contributed by atoms with Crippen molar-refractivity contribution in [2.75, 3.05) is 7.11 Å². The third kappa shape index (κ3) is 2.73. The lowest BCUT2D eigenvalue weighted by molar-refractivity contribution is 0.0970. The van der Waals surface area contributed by atoms with Gasteiger partial charge < -0.3 is 4.74 Å². The van der Waals surface area contributed by atoms with Crippen molar-refractivity contribution in [3.63, 3.8) is 0 Å². The van der Waals surface area contributed by atoms with Crippen LogP contribution in [0.1, 0.15) is 16.1 Å². The van der Waals surface area contributed by atoms with Crippen molar-refractivity contribution in [1.82, 2.24) is 4.57 Å². The molecule has 0 spiro atoms. The van der Waals surface area contributed by atoms with Crippen molar-refractivity contribution in [2.24, 2.45) is 0 Å². The highest BCUT2D eigenvalue weighted by Crippen LogP contribution is 2.18. The number of thiazole rings is 1. The fraction of sp³-hybridized carbons (Fsp3) is 0.231. The first-order chi connectivity index (χ1) is 9.02. The van der Waals surface area contributed by atoms with Gasteiger partial charge in [0.25, 0.3) is 0 Å². The Morgan fingerprint density at radius 1 is 1.47 bits per heavy atom. The van der Waals surface area contributed by atoms with Gasteiger partial charge in [0.05, 0.1) is 13.7 Å². The van der Waals surface area contributed by atoms with Gasteiger partial charge in [-0.1, -0.05) is 11.3 Å². The highest BCUT2D eigenvalue weighted by atomic mass is 32.1. The monoisotopic (exact) mass is 281 g/mol. The van der Waals surface area contributed by atoms with Gasteiger partial charge in [-0.25, -0.2) is 4.39 Å². The number of nitrogens with zero attached hydrogens (tertiary/aromatic N) is 1. The summed E-state index contributed by atoms with van der Waals surface area (Å²) in [6.45, 7) is 1.67. The number of methoxy groups -OCH3 is 1. The summed E-state index contributed by atoms with van der Waals surface area (Å²) >= 11 is 1.04. The van der Waals surface area contributed by atoms with Gasteiger partial charge in [0, 0.05) is 16.6 Å². The summed E-state index contributed by atoms with van der Waals surface area (Å²) < 4.78 is 19.7. The van der Waals surface area contributed by atoms with Crippen LogP contribution in [0.3, 0.4) is 0 Å². The minimum atomic E-state index is -0.595. The van der Waals surface area contributed by atoms with Gasteiger partial charge in [-0.15, -0.1) is 0 Å². The highest BCUT2D eigenvalue weighted by molar-refractivity contribution is 7.07. The summed E-state index contributed by atoms with van der Waals surface area (Å²) in [6, 6.07) is 4.00. The molecule has 19 heavy (non-hydrogen) atoms. The van der Waals surface area contributed by atoms with Crippen molar-refractivity contribution in [3.05, 3.63) is 50.3 Å². The molecule has 2 rings (SSSR count). The Kier molecular flexibility index (Phi) is 3.80. The maximum absolute atomic E-state index is 13.5. The molecule has 0 aliphatic carbocycles. The summed E-state index contributed by atoms with van der Waals surface area (Å²) in [6.07, 6.45) is 0. The number of hydrogen-bond acceptors (Lipinski definition) is 4. The van der Waals surface area contributed by atoms with Gasteiger partial charge in [0.1, 0.15) is 0 Å². The van der Waals surface area contributed by atoms with Crippen LogP contribution in [0.15, 0.2) is 28.4 Å². The van der Waals surface area contributed by atoms with Gasteiger partial charge in [0.15, 0.2) is 17.3 Å². The van der Waals surface area contributed by atoms with Crippen LogP contribution < -0.4 is 9.61 Å². The van der Waals surface area contributed by atoms with Crippen LogP contribution in [-0.2, 0) is 6.54 Å². The Bertz CT molecular complexity index is 675. The van der Waals surface area contributed by atoms with Crippen LogP contribution in [-0.4, -0.2) is 17.5 Å². The summed E-state index contributed by atoms with van der Waals surface area (Å²) in [5, 5.41) is 1.68. The van der Waals surface area contributed by atoms with E-state index in [1.807, 2.05) is 0 Å². The summed E-state index contributed by atoms with van der Waals surface area (Å²) in [5.74, 6) is -0.826. The Morgan fingerprint density at radius 3 is 2.74 bits per heavy atom. The molecule has 1 aromatic carbocycles. The van der Waals surface area contributed by atoms with Crippen LogP contribution in [0.4, 0.5) is 4.39 Å². The second kappa shape index (κ2) is 5.36. The van der Waals surface area contributed by atoms with E-state index in [0.29, 0.717) is 0 Å².